The maximum atomic E-state index is 12.1. The van der Waals surface area contributed by atoms with Gasteiger partial charge >= 0.3 is 0 Å². The molecule has 5 nitrogen and oxygen atoms in total. The highest BCUT2D eigenvalue weighted by molar-refractivity contribution is 5.38. The van der Waals surface area contributed by atoms with Crippen LogP contribution in [0.2, 0.25) is 0 Å². The summed E-state index contributed by atoms with van der Waals surface area (Å²) >= 11 is 0. The Morgan fingerprint density at radius 3 is 2.89 bits per heavy atom. The van der Waals surface area contributed by atoms with Crippen molar-refractivity contribution in [1.82, 2.24) is 19.6 Å². The quantitative estimate of drug-likeness (QED) is 0.858. The van der Waals surface area contributed by atoms with E-state index in [0.717, 1.165) is 12.2 Å². The largest absolute Gasteiger partial charge is 0.377 e. The lowest BCUT2D eigenvalue weighted by atomic mass is 10.4. The number of nitrogens with one attached hydrogen (secondary N) is 1. The predicted molar refractivity (Wildman–Crippen MR) is 63.5 cm³/mol. The van der Waals surface area contributed by atoms with Crippen LogP contribution in [0.5, 0.6) is 0 Å². The normalized spacial score (nSPS) is 11.1. The number of rotatable bonds is 6. The van der Waals surface area contributed by atoms with Crippen LogP contribution < -0.4 is 5.32 Å². The van der Waals surface area contributed by atoms with E-state index in [-0.39, 0.29) is 6.54 Å². The lowest BCUT2D eigenvalue weighted by Crippen LogP contribution is -2.06. The summed E-state index contributed by atoms with van der Waals surface area (Å²) in [5.41, 5.74) is 1.61. The number of aryl methyl sites for hydroxylation is 1. The molecule has 7 heteroatoms. The first-order chi connectivity index (χ1) is 8.67. The van der Waals surface area contributed by atoms with E-state index in [0.29, 0.717) is 12.2 Å². The Morgan fingerprint density at radius 2 is 2.22 bits per heavy atom. The van der Waals surface area contributed by atoms with Gasteiger partial charge in [0.15, 0.2) is 0 Å². The van der Waals surface area contributed by atoms with Gasteiger partial charge in [0, 0.05) is 18.9 Å². The molecule has 0 saturated heterocycles. The molecular weight excluding hydrogens is 240 g/mol. The predicted octanol–water partition coefficient (Wildman–Crippen LogP) is 1.98. The van der Waals surface area contributed by atoms with E-state index >= 15 is 0 Å². The van der Waals surface area contributed by atoms with Crippen molar-refractivity contribution in [3.05, 3.63) is 30.4 Å². The van der Waals surface area contributed by atoms with Crippen molar-refractivity contribution < 1.29 is 8.78 Å². The fraction of sp³-hybridized carbons (Fsp3) is 0.455. The van der Waals surface area contributed by atoms with Gasteiger partial charge in [0.2, 0.25) is 0 Å². The molecule has 2 rings (SSSR count). The molecule has 0 radical (unpaired) electrons. The molecule has 2 aromatic rings. The Hall–Kier alpha value is -1.92. The molecule has 2 heterocycles. The van der Waals surface area contributed by atoms with Crippen LogP contribution in [0.1, 0.15) is 12.6 Å². The van der Waals surface area contributed by atoms with Gasteiger partial charge in [0.05, 0.1) is 24.1 Å². The smallest absolute Gasteiger partial charge is 0.257 e. The summed E-state index contributed by atoms with van der Waals surface area (Å²) in [6, 6.07) is 1.92. The minimum absolute atomic E-state index is 0.383. The number of aromatic nitrogens is 4. The topological polar surface area (TPSA) is 47.7 Å². The van der Waals surface area contributed by atoms with Crippen LogP contribution in [0, 0.1) is 0 Å². The lowest BCUT2D eigenvalue weighted by Gasteiger charge is -2.00. The van der Waals surface area contributed by atoms with E-state index in [4.69, 9.17) is 0 Å². The third-order valence-electron chi connectivity index (χ3n) is 2.45. The number of alkyl halides is 2. The lowest BCUT2D eigenvalue weighted by molar-refractivity contribution is 0.122. The van der Waals surface area contributed by atoms with Gasteiger partial charge in [0.25, 0.3) is 6.43 Å². The van der Waals surface area contributed by atoms with Gasteiger partial charge in [-0.05, 0) is 13.0 Å². The molecule has 2 aromatic heterocycles. The Labute approximate surface area is 103 Å². The van der Waals surface area contributed by atoms with Gasteiger partial charge < -0.3 is 5.32 Å². The molecule has 18 heavy (non-hydrogen) atoms. The molecule has 0 saturated carbocycles. The Bertz CT molecular complexity index is 491. The first kappa shape index (κ1) is 12.5. The van der Waals surface area contributed by atoms with Crippen molar-refractivity contribution in [3.8, 4) is 0 Å². The van der Waals surface area contributed by atoms with Gasteiger partial charge in [-0.15, -0.1) is 0 Å². The van der Waals surface area contributed by atoms with E-state index < -0.39 is 6.43 Å². The summed E-state index contributed by atoms with van der Waals surface area (Å²) in [5, 5.41) is 11.2. The zero-order valence-electron chi connectivity index (χ0n) is 10.1. The summed E-state index contributed by atoms with van der Waals surface area (Å²) in [5.74, 6) is 0. The summed E-state index contributed by atoms with van der Waals surface area (Å²) in [7, 11) is 0. The highest BCUT2D eigenvalue weighted by Crippen LogP contribution is 2.08. The van der Waals surface area contributed by atoms with Crippen LogP contribution in [0.4, 0.5) is 14.5 Å². The molecule has 0 unspecified atom stereocenters. The molecule has 0 aromatic carbocycles. The fourth-order valence-corrected chi connectivity index (χ4v) is 1.56. The van der Waals surface area contributed by atoms with Gasteiger partial charge in [-0.3, -0.25) is 9.36 Å². The van der Waals surface area contributed by atoms with E-state index in [9.17, 15) is 8.78 Å². The van der Waals surface area contributed by atoms with Crippen LogP contribution >= 0.6 is 0 Å². The molecule has 1 N–H and O–H groups in total. The minimum atomic E-state index is -2.39. The SMILES string of the molecule is CCn1ccc(CNc2cnn(CC(F)F)c2)n1. The summed E-state index contributed by atoms with van der Waals surface area (Å²) in [4.78, 5) is 0. The Kier molecular flexibility index (Phi) is 3.91. The van der Waals surface area contributed by atoms with Crippen molar-refractivity contribution in [2.45, 2.75) is 33.0 Å². The van der Waals surface area contributed by atoms with Crippen molar-refractivity contribution in [1.29, 1.82) is 0 Å². The van der Waals surface area contributed by atoms with E-state index in [1.807, 2.05) is 23.9 Å². The van der Waals surface area contributed by atoms with Crippen molar-refractivity contribution in [2.75, 3.05) is 5.32 Å². The van der Waals surface area contributed by atoms with Gasteiger partial charge in [-0.25, -0.2) is 8.78 Å². The highest BCUT2D eigenvalue weighted by atomic mass is 19.3. The molecule has 0 aliphatic rings. The second-order valence-electron chi connectivity index (χ2n) is 3.86. The number of nitrogens with zero attached hydrogens (tertiary/aromatic N) is 4. The fourth-order valence-electron chi connectivity index (χ4n) is 1.56. The third-order valence-corrected chi connectivity index (χ3v) is 2.45. The first-order valence-corrected chi connectivity index (χ1v) is 5.74. The van der Waals surface area contributed by atoms with Crippen LogP contribution in [0.3, 0.4) is 0 Å². The summed E-state index contributed by atoms with van der Waals surface area (Å²) < 4.78 is 27.3. The maximum absolute atomic E-state index is 12.1. The zero-order chi connectivity index (χ0) is 13.0. The average molecular weight is 255 g/mol. The van der Waals surface area contributed by atoms with Crippen molar-refractivity contribution in [3.63, 3.8) is 0 Å². The molecule has 0 fully saturated rings. The van der Waals surface area contributed by atoms with Crippen LogP contribution in [-0.4, -0.2) is 26.0 Å². The molecular formula is C11H15F2N5. The average Bonchev–Trinajstić information content (AvgIpc) is 2.94. The van der Waals surface area contributed by atoms with Gasteiger partial charge in [0.1, 0.15) is 6.54 Å². The molecule has 0 bridgehead atoms. The van der Waals surface area contributed by atoms with Crippen LogP contribution in [0.25, 0.3) is 0 Å². The second kappa shape index (κ2) is 5.61. The maximum Gasteiger partial charge on any atom is 0.257 e. The van der Waals surface area contributed by atoms with Gasteiger partial charge in [-0.1, -0.05) is 0 Å². The zero-order valence-corrected chi connectivity index (χ0v) is 10.1. The molecule has 0 aliphatic heterocycles. The van der Waals surface area contributed by atoms with E-state index in [1.54, 1.807) is 6.20 Å². The van der Waals surface area contributed by atoms with Crippen LogP contribution in [0.15, 0.2) is 24.7 Å². The van der Waals surface area contributed by atoms with Gasteiger partial charge in [-0.2, -0.15) is 10.2 Å². The monoisotopic (exact) mass is 255 g/mol. The minimum Gasteiger partial charge on any atom is -0.377 e. The number of hydrogen-bond donors (Lipinski definition) is 1. The Morgan fingerprint density at radius 1 is 1.39 bits per heavy atom. The van der Waals surface area contributed by atoms with E-state index in [1.165, 1.54) is 10.9 Å². The highest BCUT2D eigenvalue weighted by Gasteiger charge is 2.05. The van der Waals surface area contributed by atoms with Crippen molar-refractivity contribution >= 4 is 5.69 Å². The molecule has 0 amide bonds. The van der Waals surface area contributed by atoms with Crippen LogP contribution in [-0.2, 0) is 19.6 Å². The number of halogens is 2. The molecule has 98 valence electrons. The summed E-state index contributed by atoms with van der Waals surface area (Å²) in [6.45, 7) is 3.00. The molecule has 0 aliphatic carbocycles. The molecule has 0 atom stereocenters. The number of anilines is 1. The van der Waals surface area contributed by atoms with Crippen molar-refractivity contribution in [2.24, 2.45) is 0 Å². The Balaban J connectivity index is 1.87. The standard InChI is InChI=1S/C11H15F2N5/c1-2-17-4-3-9(16-17)5-14-10-6-15-18(7-10)8-11(12)13/h3-4,6-7,11,14H,2,5,8H2,1H3. The summed E-state index contributed by atoms with van der Waals surface area (Å²) in [6.07, 6.45) is 2.59. The number of hydrogen-bond acceptors (Lipinski definition) is 3. The first-order valence-electron chi connectivity index (χ1n) is 5.74. The third kappa shape index (κ3) is 3.28. The second-order valence-corrected chi connectivity index (χ2v) is 3.86. The molecule has 0 spiro atoms. The van der Waals surface area contributed by atoms with E-state index in [2.05, 4.69) is 15.5 Å².